The summed E-state index contributed by atoms with van der Waals surface area (Å²) in [7, 11) is 0. The Kier molecular flexibility index (Phi) is 4.25. The van der Waals surface area contributed by atoms with Crippen molar-refractivity contribution in [3.8, 4) is 11.5 Å². The van der Waals surface area contributed by atoms with Crippen LogP contribution in [0.4, 0.5) is 0 Å². The Labute approximate surface area is 132 Å². The van der Waals surface area contributed by atoms with Gasteiger partial charge in [0.15, 0.2) is 11.5 Å². The number of rotatable bonds is 4. The molecular formula is C16H13ClN2O3. The lowest BCUT2D eigenvalue weighted by Gasteiger charge is -2.02. The summed E-state index contributed by atoms with van der Waals surface area (Å²) < 4.78 is 10.5. The predicted octanol–water partition coefficient (Wildman–Crippen LogP) is 2.76. The molecule has 5 nitrogen and oxygen atoms in total. The second-order valence-corrected chi connectivity index (χ2v) is 5.15. The summed E-state index contributed by atoms with van der Waals surface area (Å²) in [6.45, 7) is 0.217. The first kappa shape index (κ1) is 14.4. The molecule has 22 heavy (non-hydrogen) atoms. The minimum absolute atomic E-state index is 0.211. The minimum atomic E-state index is -0.211. The molecule has 0 bridgehead atoms. The highest BCUT2D eigenvalue weighted by molar-refractivity contribution is 6.30. The van der Waals surface area contributed by atoms with Gasteiger partial charge < -0.3 is 9.47 Å². The summed E-state index contributed by atoms with van der Waals surface area (Å²) in [6, 6.07) is 12.6. The second-order valence-electron chi connectivity index (χ2n) is 4.71. The van der Waals surface area contributed by atoms with Gasteiger partial charge in [-0.1, -0.05) is 29.8 Å². The maximum absolute atomic E-state index is 11.8. The maximum Gasteiger partial charge on any atom is 0.244 e. The lowest BCUT2D eigenvalue weighted by molar-refractivity contribution is -0.120. The molecule has 0 fully saturated rings. The molecule has 0 saturated carbocycles. The molecule has 3 rings (SSSR count). The molecule has 2 aromatic carbocycles. The van der Waals surface area contributed by atoms with Crippen LogP contribution in [0.1, 0.15) is 11.1 Å². The number of nitrogens with one attached hydrogen (secondary N) is 1. The molecule has 0 atom stereocenters. The largest absolute Gasteiger partial charge is 0.454 e. The summed E-state index contributed by atoms with van der Waals surface area (Å²) >= 11 is 5.87. The molecule has 2 aromatic rings. The number of nitrogens with zero attached hydrogens (tertiary/aromatic N) is 1. The summed E-state index contributed by atoms with van der Waals surface area (Å²) in [5, 5.41) is 4.53. The number of benzene rings is 2. The predicted molar refractivity (Wildman–Crippen MR) is 83.5 cm³/mol. The summed E-state index contributed by atoms with van der Waals surface area (Å²) in [5.41, 5.74) is 4.13. The summed E-state index contributed by atoms with van der Waals surface area (Å²) in [5.74, 6) is 1.15. The maximum atomic E-state index is 11.8. The fourth-order valence-electron chi connectivity index (χ4n) is 2.04. The van der Waals surface area contributed by atoms with E-state index in [1.165, 1.54) is 0 Å². The van der Waals surface area contributed by atoms with Crippen molar-refractivity contribution in [2.24, 2.45) is 5.10 Å². The number of fused-ring (bicyclic) bond motifs is 1. The van der Waals surface area contributed by atoms with Crippen molar-refractivity contribution < 1.29 is 14.3 Å². The van der Waals surface area contributed by atoms with Crippen molar-refractivity contribution in [3.05, 3.63) is 58.6 Å². The van der Waals surface area contributed by atoms with E-state index in [9.17, 15) is 4.79 Å². The Morgan fingerprint density at radius 3 is 2.95 bits per heavy atom. The first-order chi connectivity index (χ1) is 10.7. The average molecular weight is 317 g/mol. The van der Waals surface area contributed by atoms with Crippen LogP contribution in [-0.4, -0.2) is 18.9 Å². The van der Waals surface area contributed by atoms with Crippen LogP contribution in [0, 0.1) is 0 Å². The molecule has 1 heterocycles. The van der Waals surface area contributed by atoms with Crippen LogP contribution in [0.3, 0.4) is 0 Å². The van der Waals surface area contributed by atoms with E-state index in [1.54, 1.807) is 30.5 Å². The van der Waals surface area contributed by atoms with Crippen molar-refractivity contribution >= 4 is 23.7 Å². The van der Waals surface area contributed by atoms with Crippen molar-refractivity contribution in [3.63, 3.8) is 0 Å². The van der Waals surface area contributed by atoms with E-state index in [0.29, 0.717) is 16.5 Å². The zero-order valence-electron chi connectivity index (χ0n) is 11.6. The minimum Gasteiger partial charge on any atom is -0.454 e. The van der Waals surface area contributed by atoms with Gasteiger partial charge in [-0.05, 0) is 35.4 Å². The third kappa shape index (κ3) is 3.56. The SMILES string of the molecule is O=C(Cc1ccc2c(c1)OCO2)N/N=C\c1cccc(Cl)c1. The van der Waals surface area contributed by atoms with Crippen LogP contribution in [-0.2, 0) is 11.2 Å². The normalized spacial score (nSPS) is 12.6. The molecule has 1 N–H and O–H groups in total. The third-order valence-electron chi connectivity index (χ3n) is 3.05. The monoisotopic (exact) mass is 316 g/mol. The van der Waals surface area contributed by atoms with Crippen molar-refractivity contribution in [2.45, 2.75) is 6.42 Å². The Bertz CT molecular complexity index is 731. The molecule has 0 aliphatic carbocycles. The first-order valence-electron chi connectivity index (χ1n) is 6.67. The van der Waals surface area contributed by atoms with E-state index in [-0.39, 0.29) is 19.1 Å². The molecule has 0 saturated heterocycles. The summed E-state index contributed by atoms with van der Waals surface area (Å²) in [4.78, 5) is 11.8. The standard InChI is InChI=1S/C16H13ClN2O3/c17-13-3-1-2-12(6-13)9-18-19-16(20)8-11-4-5-14-15(7-11)22-10-21-14/h1-7,9H,8,10H2,(H,19,20)/b18-9-. The Morgan fingerprint density at radius 2 is 2.09 bits per heavy atom. The van der Waals surface area contributed by atoms with Crippen molar-refractivity contribution in [1.82, 2.24) is 5.43 Å². The molecular weight excluding hydrogens is 304 g/mol. The quantitative estimate of drug-likeness (QED) is 0.697. The highest BCUT2D eigenvalue weighted by atomic mass is 35.5. The fraction of sp³-hybridized carbons (Fsp3) is 0.125. The highest BCUT2D eigenvalue weighted by Gasteiger charge is 2.14. The van der Waals surface area contributed by atoms with Crippen LogP contribution >= 0.6 is 11.6 Å². The number of hydrazone groups is 1. The molecule has 1 aliphatic heterocycles. The van der Waals surface area contributed by atoms with Gasteiger partial charge in [-0.2, -0.15) is 5.10 Å². The van der Waals surface area contributed by atoms with Crippen LogP contribution < -0.4 is 14.9 Å². The van der Waals surface area contributed by atoms with Crippen molar-refractivity contribution in [1.29, 1.82) is 0 Å². The van der Waals surface area contributed by atoms with Crippen LogP contribution in [0.5, 0.6) is 11.5 Å². The lowest BCUT2D eigenvalue weighted by atomic mass is 10.1. The van der Waals surface area contributed by atoms with E-state index < -0.39 is 0 Å². The number of carbonyl (C=O) groups excluding carboxylic acids is 1. The number of carbonyl (C=O) groups is 1. The van der Waals surface area contributed by atoms with Crippen LogP contribution in [0.25, 0.3) is 0 Å². The van der Waals surface area contributed by atoms with E-state index >= 15 is 0 Å². The van der Waals surface area contributed by atoms with Gasteiger partial charge in [-0.15, -0.1) is 0 Å². The van der Waals surface area contributed by atoms with E-state index in [4.69, 9.17) is 21.1 Å². The van der Waals surface area contributed by atoms with Crippen molar-refractivity contribution in [2.75, 3.05) is 6.79 Å². The van der Waals surface area contributed by atoms with E-state index in [0.717, 1.165) is 11.1 Å². The molecule has 1 amide bonds. The van der Waals surface area contributed by atoms with Gasteiger partial charge in [0, 0.05) is 5.02 Å². The number of ether oxygens (including phenoxy) is 2. The fourth-order valence-corrected chi connectivity index (χ4v) is 2.24. The van der Waals surface area contributed by atoms with Gasteiger partial charge in [0.1, 0.15) is 0 Å². The molecule has 1 aliphatic rings. The topological polar surface area (TPSA) is 59.9 Å². The Morgan fingerprint density at radius 1 is 1.23 bits per heavy atom. The van der Waals surface area contributed by atoms with E-state index in [2.05, 4.69) is 10.5 Å². The average Bonchev–Trinajstić information content (AvgIpc) is 2.95. The second kappa shape index (κ2) is 6.49. The highest BCUT2D eigenvalue weighted by Crippen LogP contribution is 2.32. The van der Waals surface area contributed by atoms with Gasteiger partial charge in [0.25, 0.3) is 0 Å². The van der Waals surface area contributed by atoms with Gasteiger partial charge >= 0.3 is 0 Å². The molecule has 0 spiro atoms. The van der Waals surface area contributed by atoms with Crippen LogP contribution in [0.2, 0.25) is 5.02 Å². The molecule has 0 aromatic heterocycles. The smallest absolute Gasteiger partial charge is 0.244 e. The van der Waals surface area contributed by atoms with Gasteiger partial charge in [0.05, 0.1) is 12.6 Å². The zero-order chi connectivity index (χ0) is 15.4. The van der Waals surface area contributed by atoms with Crippen LogP contribution in [0.15, 0.2) is 47.6 Å². The number of halogens is 1. The van der Waals surface area contributed by atoms with Gasteiger partial charge in [-0.25, -0.2) is 5.43 Å². The van der Waals surface area contributed by atoms with E-state index in [1.807, 2.05) is 18.2 Å². The lowest BCUT2D eigenvalue weighted by Crippen LogP contribution is -2.19. The number of hydrogen-bond donors (Lipinski definition) is 1. The van der Waals surface area contributed by atoms with Gasteiger partial charge in [0.2, 0.25) is 12.7 Å². The van der Waals surface area contributed by atoms with Gasteiger partial charge in [-0.3, -0.25) is 4.79 Å². The third-order valence-corrected chi connectivity index (χ3v) is 3.29. The molecule has 0 unspecified atom stereocenters. The molecule has 112 valence electrons. The molecule has 0 radical (unpaired) electrons. The Hall–Kier alpha value is -2.53. The Balaban J connectivity index is 1.56. The molecule has 6 heteroatoms. The first-order valence-corrected chi connectivity index (χ1v) is 7.04. The summed E-state index contributed by atoms with van der Waals surface area (Å²) in [6.07, 6.45) is 1.76. The zero-order valence-corrected chi connectivity index (χ0v) is 12.3. The number of amides is 1. The number of hydrogen-bond acceptors (Lipinski definition) is 4.